The molecule has 0 aliphatic heterocycles. The van der Waals surface area contributed by atoms with Crippen LogP contribution in [0.15, 0.2) is 24.3 Å². The van der Waals surface area contributed by atoms with E-state index in [1.807, 2.05) is 0 Å². The van der Waals surface area contributed by atoms with Gasteiger partial charge in [-0.1, -0.05) is 51.2 Å². The Hall–Kier alpha value is -1.31. The lowest BCUT2D eigenvalue weighted by molar-refractivity contribution is -0.120. The van der Waals surface area contributed by atoms with Gasteiger partial charge in [0.25, 0.3) is 0 Å². The molecule has 0 unspecified atom stereocenters. The van der Waals surface area contributed by atoms with Gasteiger partial charge in [0.1, 0.15) is 11.5 Å². The van der Waals surface area contributed by atoms with Gasteiger partial charge in [-0.2, -0.15) is 0 Å². The van der Waals surface area contributed by atoms with E-state index in [0.29, 0.717) is 11.7 Å². The Bertz CT molecular complexity index is 426. The Morgan fingerprint density at radius 2 is 1.59 bits per heavy atom. The van der Waals surface area contributed by atoms with Crippen molar-refractivity contribution in [2.24, 2.45) is 0 Å². The van der Waals surface area contributed by atoms with E-state index < -0.39 is 0 Å². The maximum Gasteiger partial charge on any atom is 0.132 e. The van der Waals surface area contributed by atoms with E-state index in [1.54, 1.807) is 0 Å². The molecule has 22 heavy (non-hydrogen) atoms. The highest BCUT2D eigenvalue weighted by atomic mass is 16.5. The third-order valence-electron chi connectivity index (χ3n) is 4.66. The van der Waals surface area contributed by atoms with E-state index in [2.05, 4.69) is 31.2 Å². The number of carbonyl (C=O) groups excluding carboxylic acids is 1. The van der Waals surface area contributed by atoms with Gasteiger partial charge >= 0.3 is 0 Å². The van der Waals surface area contributed by atoms with E-state index in [1.165, 1.54) is 37.7 Å². The van der Waals surface area contributed by atoms with Gasteiger partial charge in [0.2, 0.25) is 0 Å². The van der Waals surface area contributed by atoms with Gasteiger partial charge in [-0.25, -0.2) is 0 Å². The van der Waals surface area contributed by atoms with Crippen LogP contribution in [0.4, 0.5) is 0 Å². The summed E-state index contributed by atoms with van der Waals surface area (Å²) < 4.78 is 5.82. The van der Waals surface area contributed by atoms with E-state index in [0.717, 1.165) is 44.5 Å². The summed E-state index contributed by atoms with van der Waals surface area (Å²) in [6, 6.07) is 8.53. The van der Waals surface area contributed by atoms with Gasteiger partial charge in [-0.3, -0.25) is 4.79 Å². The Balaban J connectivity index is 1.65. The molecule has 1 saturated carbocycles. The summed E-state index contributed by atoms with van der Waals surface area (Å²) in [6.07, 6.45) is 11.3. The normalized spacial score (nSPS) is 16.0. The zero-order valence-electron chi connectivity index (χ0n) is 14.0. The van der Waals surface area contributed by atoms with E-state index in [4.69, 9.17) is 4.74 Å². The lowest BCUT2D eigenvalue weighted by Gasteiger charge is -2.21. The van der Waals surface area contributed by atoms with Crippen LogP contribution in [0.3, 0.4) is 0 Å². The van der Waals surface area contributed by atoms with Crippen LogP contribution in [0.1, 0.15) is 82.6 Å². The van der Waals surface area contributed by atoms with Crippen LogP contribution in [-0.4, -0.2) is 12.4 Å². The van der Waals surface area contributed by atoms with E-state index in [-0.39, 0.29) is 0 Å². The van der Waals surface area contributed by atoms with Gasteiger partial charge in [-0.15, -0.1) is 0 Å². The Labute approximate surface area is 135 Å². The molecule has 0 bridgehead atoms. The first kappa shape index (κ1) is 17.1. The third kappa shape index (κ3) is 5.82. The van der Waals surface area contributed by atoms with Crippen molar-refractivity contribution in [1.82, 2.24) is 0 Å². The molecule has 0 radical (unpaired) electrons. The lowest BCUT2D eigenvalue weighted by atomic mass is 9.83. The maximum atomic E-state index is 11.3. The molecular formula is C20H30O2. The Morgan fingerprint density at radius 1 is 0.955 bits per heavy atom. The average molecular weight is 302 g/mol. The van der Waals surface area contributed by atoms with Crippen molar-refractivity contribution in [2.75, 3.05) is 6.61 Å². The number of rotatable bonds is 9. The molecule has 0 saturated heterocycles. The highest BCUT2D eigenvalue weighted by molar-refractivity contribution is 5.79. The predicted molar refractivity (Wildman–Crippen MR) is 91.5 cm³/mol. The van der Waals surface area contributed by atoms with Gasteiger partial charge in [0.05, 0.1) is 6.61 Å². The number of ketones is 1. The molecule has 2 rings (SSSR count). The average Bonchev–Trinajstić information content (AvgIpc) is 2.55. The molecule has 2 heteroatoms. The number of unbranched alkanes of at least 4 members (excludes halogenated alkanes) is 5. The molecule has 122 valence electrons. The molecule has 0 aromatic heterocycles. The first-order valence-electron chi connectivity index (χ1n) is 9.04. The molecule has 0 amide bonds. The van der Waals surface area contributed by atoms with Gasteiger partial charge in [0.15, 0.2) is 0 Å². The minimum atomic E-state index is 0.426. The summed E-state index contributed by atoms with van der Waals surface area (Å²) in [7, 11) is 0. The van der Waals surface area contributed by atoms with E-state index >= 15 is 0 Å². The summed E-state index contributed by atoms with van der Waals surface area (Å²) in [4.78, 5) is 11.3. The fourth-order valence-corrected chi connectivity index (χ4v) is 3.18. The Kier molecular flexibility index (Phi) is 7.48. The monoisotopic (exact) mass is 302 g/mol. The van der Waals surface area contributed by atoms with Crippen molar-refractivity contribution in [3.63, 3.8) is 0 Å². The van der Waals surface area contributed by atoms with Gasteiger partial charge in [0, 0.05) is 12.8 Å². The van der Waals surface area contributed by atoms with Crippen LogP contribution in [0.5, 0.6) is 5.75 Å². The molecule has 2 nitrogen and oxygen atoms in total. The summed E-state index contributed by atoms with van der Waals surface area (Å²) in [5.74, 6) is 1.96. The summed E-state index contributed by atoms with van der Waals surface area (Å²) in [6.45, 7) is 3.07. The molecule has 0 atom stereocenters. The second kappa shape index (κ2) is 9.66. The molecular weight excluding hydrogens is 272 g/mol. The van der Waals surface area contributed by atoms with Crippen LogP contribution in [0.2, 0.25) is 0 Å². The van der Waals surface area contributed by atoms with Crippen LogP contribution in [0.25, 0.3) is 0 Å². The van der Waals surface area contributed by atoms with Crippen molar-refractivity contribution in [3.05, 3.63) is 29.8 Å². The minimum Gasteiger partial charge on any atom is -0.494 e. The molecule has 1 aliphatic rings. The highest BCUT2D eigenvalue weighted by Crippen LogP contribution is 2.31. The molecule has 0 spiro atoms. The molecule has 1 aromatic carbocycles. The third-order valence-corrected chi connectivity index (χ3v) is 4.66. The number of hydrogen-bond acceptors (Lipinski definition) is 2. The quantitative estimate of drug-likeness (QED) is 0.551. The predicted octanol–water partition coefficient (Wildman–Crippen LogP) is 5.65. The summed E-state index contributed by atoms with van der Waals surface area (Å²) in [5.41, 5.74) is 1.36. The number of hydrogen-bond donors (Lipinski definition) is 0. The largest absolute Gasteiger partial charge is 0.494 e. The minimum absolute atomic E-state index is 0.426. The molecule has 1 aliphatic carbocycles. The number of ether oxygens (including phenoxy) is 1. The van der Waals surface area contributed by atoms with Crippen molar-refractivity contribution < 1.29 is 9.53 Å². The van der Waals surface area contributed by atoms with Crippen LogP contribution < -0.4 is 4.74 Å². The van der Waals surface area contributed by atoms with Crippen LogP contribution in [0, 0.1) is 0 Å². The first-order valence-corrected chi connectivity index (χ1v) is 9.04. The van der Waals surface area contributed by atoms with Crippen LogP contribution >= 0.6 is 0 Å². The molecule has 0 N–H and O–H groups in total. The van der Waals surface area contributed by atoms with Gasteiger partial charge < -0.3 is 4.74 Å². The smallest absolute Gasteiger partial charge is 0.132 e. The summed E-state index contributed by atoms with van der Waals surface area (Å²) >= 11 is 0. The van der Waals surface area contributed by atoms with Crippen LogP contribution in [-0.2, 0) is 4.79 Å². The van der Waals surface area contributed by atoms with E-state index in [9.17, 15) is 4.79 Å². The van der Waals surface area contributed by atoms with Crippen molar-refractivity contribution in [1.29, 1.82) is 0 Å². The standard InChI is InChI=1S/C20H30O2/c1-2-3-4-5-6-7-16-22-20-14-10-18(11-15-20)17-8-12-19(21)13-9-17/h10-11,14-15,17H,2-9,12-13,16H2,1H3. The first-order chi connectivity index (χ1) is 10.8. The van der Waals surface area contributed by atoms with Crippen molar-refractivity contribution in [2.45, 2.75) is 77.0 Å². The van der Waals surface area contributed by atoms with Crippen molar-refractivity contribution in [3.8, 4) is 5.75 Å². The fraction of sp³-hybridized carbons (Fsp3) is 0.650. The second-order valence-corrected chi connectivity index (χ2v) is 6.50. The molecule has 1 aromatic rings. The number of Topliss-reactive ketones (excluding diaryl/α,β-unsaturated/α-hetero) is 1. The molecule has 0 heterocycles. The fourth-order valence-electron chi connectivity index (χ4n) is 3.18. The van der Waals surface area contributed by atoms with Gasteiger partial charge in [-0.05, 0) is 42.9 Å². The zero-order valence-corrected chi connectivity index (χ0v) is 14.0. The second-order valence-electron chi connectivity index (χ2n) is 6.50. The summed E-state index contributed by atoms with van der Waals surface area (Å²) in [5, 5.41) is 0. The Morgan fingerprint density at radius 3 is 2.27 bits per heavy atom. The molecule has 1 fully saturated rings. The zero-order chi connectivity index (χ0) is 15.6. The SMILES string of the molecule is CCCCCCCCOc1ccc(C2CCC(=O)CC2)cc1. The topological polar surface area (TPSA) is 26.3 Å². The number of carbonyl (C=O) groups is 1. The maximum absolute atomic E-state index is 11.3. The lowest BCUT2D eigenvalue weighted by Crippen LogP contribution is -2.12. The number of benzene rings is 1. The van der Waals surface area contributed by atoms with Crippen molar-refractivity contribution >= 4 is 5.78 Å². The highest BCUT2D eigenvalue weighted by Gasteiger charge is 2.19.